The number of furan rings is 1. The number of aromatic nitrogens is 1. The van der Waals surface area contributed by atoms with E-state index in [9.17, 15) is 4.79 Å². The molecule has 0 unspecified atom stereocenters. The van der Waals surface area contributed by atoms with Gasteiger partial charge in [-0.05, 0) is 18.2 Å². The summed E-state index contributed by atoms with van der Waals surface area (Å²) >= 11 is 0. The Kier molecular flexibility index (Phi) is 4.16. The quantitative estimate of drug-likeness (QED) is 0.907. The molecule has 0 spiro atoms. The van der Waals surface area contributed by atoms with Crippen LogP contribution < -0.4 is 10.1 Å². The summed E-state index contributed by atoms with van der Waals surface area (Å²) in [5, 5.41) is 2.76. The van der Waals surface area contributed by atoms with Crippen molar-refractivity contribution in [1.82, 2.24) is 10.3 Å². The maximum atomic E-state index is 11.9. The van der Waals surface area contributed by atoms with Crippen LogP contribution in [0.3, 0.4) is 0 Å². The number of nitrogens with zero attached hydrogens (tertiary/aromatic N) is 1. The van der Waals surface area contributed by atoms with Crippen molar-refractivity contribution in [2.45, 2.75) is 19.1 Å². The fourth-order valence-electron chi connectivity index (χ4n) is 2.04. The van der Waals surface area contributed by atoms with Crippen molar-refractivity contribution in [2.24, 2.45) is 0 Å². The third-order valence-corrected chi connectivity index (χ3v) is 3.18. The number of hydrogen-bond acceptors (Lipinski definition) is 5. The van der Waals surface area contributed by atoms with Crippen molar-refractivity contribution in [2.75, 3.05) is 13.2 Å². The largest absolute Gasteiger partial charge is 0.472 e. The molecule has 0 aromatic carbocycles. The number of ether oxygens (including phenoxy) is 2. The average molecular weight is 288 g/mol. The number of carbonyl (C=O) groups is 1. The highest BCUT2D eigenvalue weighted by Crippen LogP contribution is 2.14. The Morgan fingerprint density at radius 1 is 1.43 bits per heavy atom. The molecule has 1 atom stereocenters. The van der Waals surface area contributed by atoms with E-state index < -0.39 is 0 Å². The lowest BCUT2D eigenvalue weighted by molar-refractivity contribution is 0.0947. The van der Waals surface area contributed by atoms with Crippen LogP contribution in [0.1, 0.15) is 22.5 Å². The number of pyridine rings is 1. The van der Waals surface area contributed by atoms with Crippen molar-refractivity contribution < 1.29 is 18.7 Å². The molecule has 0 aliphatic carbocycles. The minimum absolute atomic E-state index is 0.0520. The van der Waals surface area contributed by atoms with Crippen LogP contribution in [0.15, 0.2) is 41.1 Å². The van der Waals surface area contributed by atoms with E-state index in [4.69, 9.17) is 13.9 Å². The highest BCUT2D eigenvalue weighted by Gasteiger charge is 2.17. The van der Waals surface area contributed by atoms with Gasteiger partial charge in [0.05, 0.1) is 31.6 Å². The summed E-state index contributed by atoms with van der Waals surface area (Å²) in [7, 11) is 0. The van der Waals surface area contributed by atoms with Crippen LogP contribution >= 0.6 is 0 Å². The van der Waals surface area contributed by atoms with Gasteiger partial charge in [-0.2, -0.15) is 0 Å². The first-order valence-electron chi connectivity index (χ1n) is 6.82. The number of carbonyl (C=O) groups excluding carboxylic acids is 1. The average Bonchev–Trinajstić information content (AvgIpc) is 3.19. The molecule has 6 heteroatoms. The second kappa shape index (κ2) is 6.41. The molecule has 110 valence electrons. The molecule has 6 nitrogen and oxygen atoms in total. The highest BCUT2D eigenvalue weighted by molar-refractivity contribution is 5.93. The summed E-state index contributed by atoms with van der Waals surface area (Å²) in [5.41, 5.74) is 0.483. The standard InChI is InChI=1S/C15H16N2O4/c18-15(17-9-12-2-1-6-20-12)11-3-4-14(16-8-11)21-13-5-7-19-10-13/h1-4,6,8,13H,5,7,9-10H2,(H,17,18)/t13-/m1/s1. The zero-order valence-electron chi connectivity index (χ0n) is 11.5. The molecule has 1 fully saturated rings. The molecular weight excluding hydrogens is 272 g/mol. The van der Waals surface area contributed by atoms with Crippen LogP contribution in [-0.2, 0) is 11.3 Å². The minimum atomic E-state index is -0.199. The molecule has 2 aromatic rings. The van der Waals surface area contributed by atoms with Crippen LogP contribution in [0.2, 0.25) is 0 Å². The van der Waals surface area contributed by atoms with Gasteiger partial charge in [0.25, 0.3) is 5.91 Å². The van der Waals surface area contributed by atoms with Crippen LogP contribution in [0.25, 0.3) is 0 Å². The van der Waals surface area contributed by atoms with Crippen LogP contribution in [0.5, 0.6) is 5.88 Å². The molecule has 21 heavy (non-hydrogen) atoms. The summed E-state index contributed by atoms with van der Waals surface area (Å²) in [6, 6.07) is 6.97. The molecule has 2 aromatic heterocycles. The van der Waals surface area contributed by atoms with Gasteiger partial charge in [-0.15, -0.1) is 0 Å². The van der Waals surface area contributed by atoms with E-state index in [1.54, 1.807) is 30.5 Å². The molecule has 3 rings (SSSR count). The number of amides is 1. The molecule has 1 aliphatic rings. The van der Waals surface area contributed by atoms with E-state index in [2.05, 4.69) is 10.3 Å². The van der Waals surface area contributed by atoms with E-state index >= 15 is 0 Å². The summed E-state index contributed by atoms with van der Waals surface area (Å²) in [4.78, 5) is 16.1. The zero-order valence-corrected chi connectivity index (χ0v) is 11.5. The van der Waals surface area contributed by atoms with Gasteiger partial charge >= 0.3 is 0 Å². The van der Waals surface area contributed by atoms with Gasteiger partial charge in [0.1, 0.15) is 11.9 Å². The van der Waals surface area contributed by atoms with E-state index in [-0.39, 0.29) is 12.0 Å². The molecule has 1 aliphatic heterocycles. The topological polar surface area (TPSA) is 73.6 Å². The van der Waals surface area contributed by atoms with E-state index in [1.807, 2.05) is 0 Å². The highest BCUT2D eigenvalue weighted by atomic mass is 16.5. The van der Waals surface area contributed by atoms with Crippen LogP contribution in [0, 0.1) is 0 Å². The summed E-state index contributed by atoms with van der Waals surface area (Å²) in [6.45, 7) is 1.66. The number of rotatable bonds is 5. The predicted octanol–water partition coefficient (Wildman–Crippen LogP) is 1.77. The first-order valence-corrected chi connectivity index (χ1v) is 6.82. The molecule has 1 saturated heterocycles. The lowest BCUT2D eigenvalue weighted by Gasteiger charge is -2.10. The Balaban J connectivity index is 1.54. The lowest BCUT2D eigenvalue weighted by Crippen LogP contribution is -2.23. The van der Waals surface area contributed by atoms with Crippen molar-refractivity contribution in [3.05, 3.63) is 48.0 Å². The van der Waals surface area contributed by atoms with E-state index in [0.29, 0.717) is 30.4 Å². The molecule has 0 saturated carbocycles. The molecule has 1 N–H and O–H groups in total. The first kappa shape index (κ1) is 13.6. The normalized spacial score (nSPS) is 17.6. The third kappa shape index (κ3) is 3.61. The Morgan fingerprint density at radius 3 is 3.05 bits per heavy atom. The van der Waals surface area contributed by atoms with Crippen LogP contribution in [0.4, 0.5) is 0 Å². The van der Waals surface area contributed by atoms with E-state index in [1.165, 1.54) is 6.20 Å². The SMILES string of the molecule is O=C(NCc1ccco1)c1ccc(O[C@@H]2CCOC2)nc1. The Hall–Kier alpha value is -2.34. The van der Waals surface area contributed by atoms with Gasteiger partial charge in [0, 0.05) is 18.7 Å². The number of hydrogen-bond donors (Lipinski definition) is 1. The van der Waals surface area contributed by atoms with Gasteiger partial charge in [0.15, 0.2) is 0 Å². The molecule has 0 bridgehead atoms. The second-order valence-electron chi connectivity index (χ2n) is 4.75. The van der Waals surface area contributed by atoms with Gasteiger partial charge in [-0.3, -0.25) is 4.79 Å². The smallest absolute Gasteiger partial charge is 0.253 e. The summed E-state index contributed by atoms with van der Waals surface area (Å²) in [6.07, 6.45) is 3.99. The van der Waals surface area contributed by atoms with Crippen molar-refractivity contribution in [1.29, 1.82) is 0 Å². The third-order valence-electron chi connectivity index (χ3n) is 3.18. The van der Waals surface area contributed by atoms with Crippen LogP contribution in [-0.4, -0.2) is 30.2 Å². The van der Waals surface area contributed by atoms with Gasteiger partial charge in [-0.25, -0.2) is 4.98 Å². The molecular formula is C15H16N2O4. The first-order chi connectivity index (χ1) is 10.3. The Labute approximate surface area is 122 Å². The minimum Gasteiger partial charge on any atom is -0.472 e. The van der Waals surface area contributed by atoms with Gasteiger partial charge in [-0.1, -0.05) is 0 Å². The maximum Gasteiger partial charge on any atom is 0.253 e. The fourth-order valence-corrected chi connectivity index (χ4v) is 2.04. The van der Waals surface area contributed by atoms with Gasteiger partial charge in [0.2, 0.25) is 5.88 Å². The molecule has 1 amide bonds. The summed E-state index contributed by atoms with van der Waals surface area (Å²) < 4.78 is 16.0. The fraction of sp³-hybridized carbons (Fsp3) is 0.333. The monoisotopic (exact) mass is 288 g/mol. The van der Waals surface area contributed by atoms with Crippen molar-refractivity contribution in [3.63, 3.8) is 0 Å². The second-order valence-corrected chi connectivity index (χ2v) is 4.75. The van der Waals surface area contributed by atoms with Gasteiger partial charge < -0.3 is 19.2 Å². The molecule has 3 heterocycles. The zero-order chi connectivity index (χ0) is 14.5. The predicted molar refractivity (Wildman–Crippen MR) is 74.0 cm³/mol. The Morgan fingerprint density at radius 2 is 2.38 bits per heavy atom. The maximum absolute atomic E-state index is 11.9. The summed E-state index contributed by atoms with van der Waals surface area (Å²) in [5.74, 6) is 1.01. The van der Waals surface area contributed by atoms with E-state index in [0.717, 1.165) is 13.0 Å². The van der Waals surface area contributed by atoms with Crippen molar-refractivity contribution >= 4 is 5.91 Å². The molecule has 0 radical (unpaired) electrons. The van der Waals surface area contributed by atoms with Crippen molar-refractivity contribution in [3.8, 4) is 5.88 Å². The Bertz CT molecular complexity index is 574. The lowest BCUT2D eigenvalue weighted by atomic mass is 10.2. The number of nitrogens with one attached hydrogen (secondary N) is 1.